The number of carbonyl (C=O) groups excluding carboxylic acids is 1. The van der Waals surface area contributed by atoms with Crippen LogP contribution in [0.1, 0.15) is 49.0 Å². The smallest absolute Gasteiger partial charge is 0.269 e. The number of pyridine rings is 1. The maximum atomic E-state index is 11.8. The predicted octanol–water partition coefficient (Wildman–Crippen LogP) is 4.59. The Bertz CT molecular complexity index is 1030. The first-order valence-corrected chi connectivity index (χ1v) is 11.6. The molecule has 2 heterocycles. The van der Waals surface area contributed by atoms with E-state index < -0.39 is 0 Å². The van der Waals surface area contributed by atoms with Crippen molar-refractivity contribution < 1.29 is 14.6 Å². The molecule has 3 N–H and O–H groups in total. The number of carbonyl (C=O) groups is 1. The van der Waals surface area contributed by atoms with Crippen LogP contribution in [-0.2, 0) is 0 Å². The molecule has 164 valence electrons. The molecule has 0 bridgehead atoms. The number of ether oxygens (including phenoxy) is 1. The SMILES string of the molecule is CNC(=O)c1cc(Oc2ccc3nc(N[C@H](CO)CC4CCCCC4)sc3c2)ccn1. The van der Waals surface area contributed by atoms with E-state index in [4.69, 9.17) is 4.74 Å². The van der Waals surface area contributed by atoms with Crippen molar-refractivity contribution in [1.29, 1.82) is 0 Å². The number of anilines is 1. The number of nitrogens with zero attached hydrogens (tertiary/aromatic N) is 2. The molecule has 0 radical (unpaired) electrons. The van der Waals surface area contributed by atoms with Gasteiger partial charge in [0.15, 0.2) is 5.13 Å². The number of aliphatic hydroxyl groups excluding tert-OH is 1. The molecule has 0 spiro atoms. The van der Waals surface area contributed by atoms with Crippen LogP contribution in [0.25, 0.3) is 10.2 Å². The molecule has 2 aromatic heterocycles. The Morgan fingerprint density at radius 1 is 1.23 bits per heavy atom. The highest BCUT2D eigenvalue weighted by Crippen LogP contribution is 2.33. The van der Waals surface area contributed by atoms with Gasteiger partial charge < -0.3 is 20.5 Å². The number of hydrogen-bond donors (Lipinski definition) is 3. The minimum Gasteiger partial charge on any atom is -0.457 e. The minimum atomic E-state index is -0.259. The highest BCUT2D eigenvalue weighted by atomic mass is 32.1. The molecular weight excluding hydrogens is 412 g/mol. The number of rotatable bonds is 8. The van der Waals surface area contributed by atoms with Crippen LogP contribution in [0.15, 0.2) is 36.5 Å². The molecule has 1 aliphatic carbocycles. The van der Waals surface area contributed by atoms with Crippen molar-refractivity contribution in [1.82, 2.24) is 15.3 Å². The van der Waals surface area contributed by atoms with Crippen LogP contribution in [0.5, 0.6) is 11.5 Å². The standard InChI is InChI=1S/C23H28N4O3S/c1-24-22(29)20-12-18(9-10-25-20)30-17-7-8-19-21(13-17)31-23(27-19)26-16(14-28)11-15-5-3-2-4-6-15/h7-10,12-13,15-16,28H,2-6,11,14H2,1H3,(H,24,29)(H,26,27)/t16-/m0/s1. The van der Waals surface area contributed by atoms with Crippen molar-refractivity contribution in [3.05, 3.63) is 42.2 Å². The van der Waals surface area contributed by atoms with Crippen LogP contribution in [0.3, 0.4) is 0 Å². The van der Waals surface area contributed by atoms with Crippen molar-refractivity contribution in [3.8, 4) is 11.5 Å². The zero-order valence-corrected chi connectivity index (χ0v) is 18.5. The van der Waals surface area contributed by atoms with Crippen molar-refractivity contribution in [2.75, 3.05) is 19.0 Å². The molecule has 4 rings (SSSR count). The number of fused-ring (bicyclic) bond motifs is 1. The molecule has 0 aliphatic heterocycles. The maximum Gasteiger partial charge on any atom is 0.269 e. The molecule has 1 saturated carbocycles. The summed E-state index contributed by atoms with van der Waals surface area (Å²) in [6.07, 6.45) is 8.99. The number of aliphatic hydroxyl groups is 1. The Morgan fingerprint density at radius 2 is 2.03 bits per heavy atom. The van der Waals surface area contributed by atoms with Gasteiger partial charge in [-0.1, -0.05) is 43.4 Å². The lowest BCUT2D eigenvalue weighted by atomic mass is 9.85. The second-order valence-electron chi connectivity index (χ2n) is 7.97. The lowest BCUT2D eigenvalue weighted by molar-refractivity contribution is 0.0958. The van der Waals surface area contributed by atoms with Gasteiger partial charge in [-0.25, -0.2) is 4.98 Å². The van der Waals surface area contributed by atoms with E-state index in [1.165, 1.54) is 32.1 Å². The first-order valence-electron chi connectivity index (χ1n) is 10.8. The summed E-state index contributed by atoms with van der Waals surface area (Å²) in [5.41, 5.74) is 1.19. The second kappa shape index (κ2) is 10.1. The Balaban J connectivity index is 1.44. The highest BCUT2D eigenvalue weighted by molar-refractivity contribution is 7.22. The lowest BCUT2D eigenvalue weighted by Crippen LogP contribution is -2.27. The summed E-state index contributed by atoms with van der Waals surface area (Å²) in [5.74, 6) is 1.64. The summed E-state index contributed by atoms with van der Waals surface area (Å²) in [7, 11) is 1.57. The van der Waals surface area contributed by atoms with E-state index in [9.17, 15) is 9.90 Å². The minimum absolute atomic E-state index is 0.0272. The zero-order valence-electron chi connectivity index (χ0n) is 17.6. The van der Waals surface area contributed by atoms with Crippen molar-refractivity contribution >= 4 is 32.6 Å². The van der Waals surface area contributed by atoms with E-state index in [1.807, 2.05) is 18.2 Å². The number of hydrogen-bond acceptors (Lipinski definition) is 7. The van der Waals surface area contributed by atoms with E-state index in [1.54, 1.807) is 36.7 Å². The first-order chi connectivity index (χ1) is 15.1. The van der Waals surface area contributed by atoms with Crippen molar-refractivity contribution in [2.45, 2.75) is 44.6 Å². The second-order valence-corrected chi connectivity index (χ2v) is 9.00. The third kappa shape index (κ3) is 5.51. The Hall–Kier alpha value is -2.71. The molecule has 0 unspecified atom stereocenters. The molecular formula is C23H28N4O3S. The van der Waals surface area contributed by atoms with Crippen LogP contribution >= 0.6 is 11.3 Å². The van der Waals surface area contributed by atoms with E-state index in [0.717, 1.165) is 21.8 Å². The van der Waals surface area contributed by atoms with Gasteiger partial charge in [-0.3, -0.25) is 9.78 Å². The van der Waals surface area contributed by atoms with Crippen LogP contribution in [-0.4, -0.2) is 40.7 Å². The summed E-state index contributed by atoms with van der Waals surface area (Å²) in [4.78, 5) is 20.5. The summed E-state index contributed by atoms with van der Waals surface area (Å²) >= 11 is 1.55. The van der Waals surface area contributed by atoms with Gasteiger partial charge in [0.05, 0.1) is 22.9 Å². The van der Waals surface area contributed by atoms with Crippen LogP contribution in [0.4, 0.5) is 5.13 Å². The maximum absolute atomic E-state index is 11.8. The van der Waals surface area contributed by atoms with E-state index >= 15 is 0 Å². The van der Waals surface area contributed by atoms with Gasteiger partial charge in [0.1, 0.15) is 17.2 Å². The lowest BCUT2D eigenvalue weighted by Gasteiger charge is -2.25. The first kappa shape index (κ1) is 21.5. The quantitative estimate of drug-likeness (QED) is 0.474. The van der Waals surface area contributed by atoms with Gasteiger partial charge in [0.2, 0.25) is 0 Å². The van der Waals surface area contributed by atoms with Gasteiger partial charge in [-0.15, -0.1) is 0 Å². The summed E-state index contributed by atoms with van der Waals surface area (Å²) < 4.78 is 6.93. The zero-order chi connectivity index (χ0) is 21.6. The molecule has 7 nitrogen and oxygen atoms in total. The van der Waals surface area contributed by atoms with Crippen molar-refractivity contribution in [3.63, 3.8) is 0 Å². The Morgan fingerprint density at radius 3 is 2.81 bits per heavy atom. The normalized spacial score (nSPS) is 15.5. The van der Waals surface area contributed by atoms with Gasteiger partial charge in [0, 0.05) is 25.4 Å². The Labute approximate surface area is 185 Å². The van der Waals surface area contributed by atoms with E-state index in [2.05, 4.69) is 20.6 Å². The average molecular weight is 441 g/mol. The van der Waals surface area contributed by atoms with Crippen molar-refractivity contribution in [2.24, 2.45) is 5.92 Å². The Kier molecular flexibility index (Phi) is 6.99. The van der Waals surface area contributed by atoms with Gasteiger partial charge >= 0.3 is 0 Å². The molecule has 31 heavy (non-hydrogen) atoms. The van der Waals surface area contributed by atoms with E-state index in [-0.39, 0.29) is 18.6 Å². The monoisotopic (exact) mass is 440 g/mol. The fraction of sp³-hybridized carbons (Fsp3) is 0.435. The number of amides is 1. The topological polar surface area (TPSA) is 96.4 Å². The molecule has 1 atom stereocenters. The number of thiazole rings is 1. The number of benzene rings is 1. The fourth-order valence-electron chi connectivity index (χ4n) is 4.07. The molecule has 0 saturated heterocycles. The fourth-order valence-corrected chi connectivity index (χ4v) is 5.04. The molecule has 1 amide bonds. The average Bonchev–Trinajstić information content (AvgIpc) is 3.20. The van der Waals surface area contributed by atoms with Crippen LogP contribution in [0.2, 0.25) is 0 Å². The molecule has 8 heteroatoms. The van der Waals surface area contributed by atoms with E-state index in [0.29, 0.717) is 23.1 Å². The molecule has 3 aromatic rings. The van der Waals surface area contributed by atoms with Gasteiger partial charge in [-0.2, -0.15) is 0 Å². The summed E-state index contributed by atoms with van der Waals surface area (Å²) in [6.45, 7) is 0.108. The molecule has 1 aromatic carbocycles. The molecule has 1 aliphatic rings. The van der Waals surface area contributed by atoms with Gasteiger partial charge in [0.25, 0.3) is 5.91 Å². The van der Waals surface area contributed by atoms with Crippen LogP contribution in [0, 0.1) is 5.92 Å². The summed E-state index contributed by atoms with van der Waals surface area (Å²) in [6, 6.07) is 9.07. The van der Waals surface area contributed by atoms with Gasteiger partial charge in [-0.05, 0) is 30.5 Å². The predicted molar refractivity (Wildman–Crippen MR) is 123 cm³/mol. The number of nitrogens with one attached hydrogen (secondary N) is 2. The third-order valence-electron chi connectivity index (χ3n) is 5.68. The van der Waals surface area contributed by atoms with Crippen LogP contribution < -0.4 is 15.4 Å². The summed E-state index contributed by atoms with van der Waals surface area (Å²) in [5, 5.41) is 16.6. The largest absolute Gasteiger partial charge is 0.457 e. The number of aromatic nitrogens is 2. The third-order valence-corrected chi connectivity index (χ3v) is 6.63. The highest BCUT2D eigenvalue weighted by Gasteiger charge is 2.19. The molecule has 1 fully saturated rings.